The normalized spacial score (nSPS) is 13.0. The van der Waals surface area contributed by atoms with Gasteiger partial charge < -0.3 is 10.1 Å². The summed E-state index contributed by atoms with van der Waals surface area (Å²) < 4.78 is 0. The van der Waals surface area contributed by atoms with E-state index in [2.05, 4.69) is 9.97 Å². The molecule has 13 heavy (non-hydrogen) atoms. The SMILES string of the molecule is OCC(c1ncc[nH]1)c1cccs1. The molecule has 68 valence electrons. The molecule has 2 aromatic heterocycles. The molecule has 2 N–H and O–H groups in total. The average molecular weight is 194 g/mol. The van der Waals surface area contributed by atoms with Crippen molar-refractivity contribution in [2.45, 2.75) is 5.92 Å². The van der Waals surface area contributed by atoms with Crippen LogP contribution in [0.1, 0.15) is 16.6 Å². The molecule has 0 aliphatic heterocycles. The number of imidazole rings is 1. The molecular weight excluding hydrogens is 184 g/mol. The molecule has 0 aliphatic carbocycles. The van der Waals surface area contributed by atoms with Gasteiger partial charge in [-0.15, -0.1) is 11.3 Å². The maximum atomic E-state index is 9.22. The van der Waals surface area contributed by atoms with Crippen LogP contribution >= 0.6 is 11.3 Å². The highest BCUT2D eigenvalue weighted by Crippen LogP contribution is 2.24. The van der Waals surface area contributed by atoms with E-state index in [1.54, 1.807) is 23.7 Å². The van der Waals surface area contributed by atoms with Crippen LogP contribution in [-0.4, -0.2) is 21.7 Å². The molecule has 2 rings (SSSR count). The maximum Gasteiger partial charge on any atom is 0.116 e. The van der Waals surface area contributed by atoms with Crippen LogP contribution in [0.4, 0.5) is 0 Å². The summed E-state index contributed by atoms with van der Waals surface area (Å²) in [5, 5.41) is 11.2. The summed E-state index contributed by atoms with van der Waals surface area (Å²) in [6.07, 6.45) is 3.47. The second-order valence-corrected chi connectivity index (χ2v) is 3.70. The van der Waals surface area contributed by atoms with Crippen LogP contribution in [0.2, 0.25) is 0 Å². The van der Waals surface area contributed by atoms with Crippen molar-refractivity contribution < 1.29 is 5.11 Å². The lowest BCUT2D eigenvalue weighted by Gasteiger charge is -2.08. The number of aliphatic hydroxyl groups excluding tert-OH is 1. The number of aromatic nitrogens is 2. The van der Waals surface area contributed by atoms with Gasteiger partial charge in [-0.1, -0.05) is 6.07 Å². The van der Waals surface area contributed by atoms with Crippen molar-refractivity contribution in [3.63, 3.8) is 0 Å². The number of hydrogen-bond acceptors (Lipinski definition) is 3. The first-order valence-electron chi connectivity index (χ1n) is 4.05. The average Bonchev–Trinajstić information content (AvgIpc) is 2.76. The first-order chi connectivity index (χ1) is 6.42. The third-order valence-corrected chi connectivity index (χ3v) is 2.90. The molecule has 3 nitrogen and oxygen atoms in total. The highest BCUT2D eigenvalue weighted by atomic mass is 32.1. The van der Waals surface area contributed by atoms with Gasteiger partial charge in [-0.3, -0.25) is 0 Å². The van der Waals surface area contributed by atoms with E-state index in [1.807, 2.05) is 17.5 Å². The molecule has 0 amide bonds. The number of aromatic amines is 1. The number of nitrogens with one attached hydrogen (secondary N) is 1. The fourth-order valence-electron chi connectivity index (χ4n) is 1.27. The van der Waals surface area contributed by atoms with Gasteiger partial charge in [-0.05, 0) is 11.4 Å². The lowest BCUT2D eigenvalue weighted by molar-refractivity contribution is 0.278. The van der Waals surface area contributed by atoms with Crippen molar-refractivity contribution in [2.75, 3.05) is 6.61 Å². The summed E-state index contributed by atoms with van der Waals surface area (Å²) in [6, 6.07) is 3.99. The van der Waals surface area contributed by atoms with Crippen LogP contribution < -0.4 is 0 Å². The van der Waals surface area contributed by atoms with Crippen molar-refractivity contribution in [2.24, 2.45) is 0 Å². The maximum absolute atomic E-state index is 9.22. The van der Waals surface area contributed by atoms with Gasteiger partial charge in [0.1, 0.15) is 5.82 Å². The molecule has 2 heterocycles. The van der Waals surface area contributed by atoms with Crippen LogP contribution in [-0.2, 0) is 0 Å². The minimum Gasteiger partial charge on any atom is -0.395 e. The lowest BCUT2D eigenvalue weighted by Crippen LogP contribution is -2.05. The van der Waals surface area contributed by atoms with Crippen molar-refractivity contribution in [1.29, 1.82) is 0 Å². The lowest BCUT2D eigenvalue weighted by atomic mass is 10.1. The molecule has 0 radical (unpaired) electrons. The number of thiophene rings is 1. The molecule has 0 aliphatic rings. The Kier molecular flexibility index (Phi) is 2.42. The molecule has 1 atom stereocenters. The topological polar surface area (TPSA) is 48.9 Å². The predicted molar refractivity (Wildman–Crippen MR) is 51.8 cm³/mol. The highest BCUT2D eigenvalue weighted by molar-refractivity contribution is 7.10. The molecule has 0 aromatic carbocycles. The van der Waals surface area contributed by atoms with Crippen molar-refractivity contribution in [3.8, 4) is 0 Å². The van der Waals surface area contributed by atoms with Gasteiger partial charge >= 0.3 is 0 Å². The predicted octanol–water partition coefficient (Wildman–Crippen LogP) is 1.60. The fourth-order valence-corrected chi connectivity index (χ4v) is 2.09. The number of aliphatic hydroxyl groups is 1. The molecule has 2 aromatic rings. The Bertz CT molecular complexity index is 307. The van der Waals surface area contributed by atoms with E-state index in [4.69, 9.17) is 0 Å². The van der Waals surface area contributed by atoms with E-state index in [1.165, 1.54) is 0 Å². The minimum absolute atomic E-state index is 0.00463. The standard InChI is InChI=1S/C9H10N2OS/c12-6-7(8-2-1-5-13-8)9-10-3-4-11-9/h1-5,7,12H,6H2,(H,10,11). The summed E-state index contributed by atoms with van der Waals surface area (Å²) in [6.45, 7) is 0.0913. The van der Waals surface area contributed by atoms with Gasteiger partial charge in [0, 0.05) is 17.3 Å². The molecule has 0 spiro atoms. The third-order valence-electron chi connectivity index (χ3n) is 1.92. The monoisotopic (exact) mass is 194 g/mol. The van der Waals surface area contributed by atoms with Crippen LogP contribution in [0.25, 0.3) is 0 Å². The zero-order valence-electron chi connectivity index (χ0n) is 6.97. The van der Waals surface area contributed by atoms with Crippen molar-refractivity contribution in [1.82, 2.24) is 9.97 Å². The van der Waals surface area contributed by atoms with E-state index in [9.17, 15) is 5.11 Å². The summed E-state index contributed by atoms with van der Waals surface area (Å²) in [4.78, 5) is 8.28. The zero-order chi connectivity index (χ0) is 9.10. The summed E-state index contributed by atoms with van der Waals surface area (Å²) in [5.74, 6) is 0.819. The molecule has 0 saturated carbocycles. The van der Waals surface area contributed by atoms with Gasteiger partial charge in [-0.25, -0.2) is 4.98 Å². The number of nitrogens with zero attached hydrogens (tertiary/aromatic N) is 1. The Morgan fingerprint density at radius 1 is 1.62 bits per heavy atom. The minimum atomic E-state index is -0.00463. The summed E-state index contributed by atoms with van der Waals surface area (Å²) >= 11 is 1.63. The fraction of sp³-hybridized carbons (Fsp3) is 0.222. The van der Waals surface area contributed by atoms with E-state index in [0.717, 1.165) is 10.7 Å². The molecule has 0 fully saturated rings. The van der Waals surface area contributed by atoms with Gasteiger partial charge in [0.25, 0.3) is 0 Å². The van der Waals surface area contributed by atoms with Crippen LogP contribution in [0.5, 0.6) is 0 Å². The first kappa shape index (κ1) is 8.47. The molecular formula is C9H10N2OS. The summed E-state index contributed by atoms with van der Waals surface area (Å²) in [7, 11) is 0. The van der Waals surface area contributed by atoms with Gasteiger partial charge in [0.05, 0.1) is 12.5 Å². The van der Waals surface area contributed by atoms with Gasteiger partial charge in [0.2, 0.25) is 0 Å². The van der Waals surface area contributed by atoms with Crippen LogP contribution in [0.15, 0.2) is 29.9 Å². The molecule has 0 saturated heterocycles. The number of rotatable bonds is 3. The Hall–Kier alpha value is -1.13. The van der Waals surface area contributed by atoms with Crippen molar-refractivity contribution in [3.05, 3.63) is 40.6 Å². The van der Waals surface area contributed by atoms with Crippen LogP contribution in [0, 0.1) is 0 Å². The summed E-state index contributed by atoms with van der Waals surface area (Å²) in [5.41, 5.74) is 0. The van der Waals surface area contributed by atoms with E-state index in [0.29, 0.717) is 0 Å². The third kappa shape index (κ3) is 1.64. The number of H-pyrrole nitrogens is 1. The quantitative estimate of drug-likeness (QED) is 0.779. The van der Waals surface area contributed by atoms with Crippen LogP contribution in [0.3, 0.4) is 0 Å². The first-order valence-corrected chi connectivity index (χ1v) is 4.93. The van der Waals surface area contributed by atoms with E-state index >= 15 is 0 Å². The Morgan fingerprint density at radius 2 is 2.54 bits per heavy atom. The van der Waals surface area contributed by atoms with Gasteiger partial charge in [0.15, 0.2) is 0 Å². The Balaban J connectivity index is 2.29. The van der Waals surface area contributed by atoms with E-state index < -0.39 is 0 Å². The second kappa shape index (κ2) is 3.72. The highest BCUT2D eigenvalue weighted by Gasteiger charge is 2.15. The molecule has 1 unspecified atom stereocenters. The molecule has 0 bridgehead atoms. The van der Waals surface area contributed by atoms with Crippen molar-refractivity contribution >= 4 is 11.3 Å². The number of hydrogen-bond donors (Lipinski definition) is 2. The second-order valence-electron chi connectivity index (χ2n) is 2.72. The zero-order valence-corrected chi connectivity index (χ0v) is 7.79. The largest absolute Gasteiger partial charge is 0.395 e. The molecule has 4 heteroatoms. The van der Waals surface area contributed by atoms with E-state index in [-0.39, 0.29) is 12.5 Å². The Morgan fingerprint density at radius 3 is 3.08 bits per heavy atom. The smallest absolute Gasteiger partial charge is 0.116 e. The Labute approximate surface area is 80.1 Å². The van der Waals surface area contributed by atoms with Gasteiger partial charge in [-0.2, -0.15) is 0 Å².